The summed E-state index contributed by atoms with van der Waals surface area (Å²) in [5, 5.41) is 7.95. The summed E-state index contributed by atoms with van der Waals surface area (Å²) >= 11 is 3.47. The summed E-state index contributed by atoms with van der Waals surface area (Å²) in [5.74, 6) is 0.503. The standard InChI is InChI=1S/C11H13BrN4/c1-3-10-11(13)14-15-16(10)8-4-5-9(12)7(2)6-8/h4-6H,3,13H2,1-2H3. The number of hydrogen-bond donors (Lipinski definition) is 1. The van der Waals surface area contributed by atoms with Gasteiger partial charge in [-0.25, -0.2) is 4.68 Å². The average Bonchev–Trinajstić information content (AvgIpc) is 2.63. The van der Waals surface area contributed by atoms with E-state index in [0.29, 0.717) is 5.82 Å². The number of rotatable bonds is 2. The highest BCUT2D eigenvalue weighted by Gasteiger charge is 2.10. The van der Waals surface area contributed by atoms with Crippen LogP contribution in [-0.2, 0) is 6.42 Å². The first kappa shape index (κ1) is 11.1. The van der Waals surface area contributed by atoms with Crippen LogP contribution >= 0.6 is 15.9 Å². The van der Waals surface area contributed by atoms with E-state index < -0.39 is 0 Å². The highest BCUT2D eigenvalue weighted by molar-refractivity contribution is 9.10. The van der Waals surface area contributed by atoms with Crippen LogP contribution in [-0.4, -0.2) is 15.0 Å². The second kappa shape index (κ2) is 4.25. The summed E-state index contributed by atoms with van der Waals surface area (Å²) in [6.07, 6.45) is 0.813. The van der Waals surface area contributed by atoms with E-state index in [1.807, 2.05) is 26.0 Å². The third-order valence-electron chi connectivity index (χ3n) is 2.51. The maximum absolute atomic E-state index is 5.75. The largest absolute Gasteiger partial charge is 0.381 e. The molecule has 2 aromatic rings. The second-order valence-corrected chi connectivity index (χ2v) is 4.47. The molecule has 0 saturated carbocycles. The maximum atomic E-state index is 5.75. The summed E-state index contributed by atoms with van der Waals surface area (Å²) in [7, 11) is 0. The van der Waals surface area contributed by atoms with E-state index in [-0.39, 0.29) is 0 Å². The highest BCUT2D eigenvalue weighted by atomic mass is 79.9. The van der Waals surface area contributed by atoms with Crippen LogP contribution in [0.3, 0.4) is 0 Å². The van der Waals surface area contributed by atoms with Crippen molar-refractivity contribution in [3.63, 3.8) is 0 Å². The van der Waals surface area contributed by atoms with Gasteiger partial charge in [0.25, 0.3) is 0 Å². The molecular weight excluding hydrogens is 268 g/mol. The Morgan fingerprint density at radius 2 is 2.19 bits per heavy atom. The lowest BCUT2D eigenvalue weighted by Gasteiger charge is -2.06. The van der Waals surface area contributed by atoms with E-state index in [1.165, 1.54) is 0 Å². The number of aryl methyl sites for hydroxylation is 1. The van der Waals surface area contributed by atoms with Crippen LogP contribution in [0.4, 0.5) is 5.82 Å². The van der Waals surface area contributed by atoms with Gasteiger partial charge >= 0.3 is 0 Å². The molecule has 1 heterocycles. The summed E-state index contributed by atoms with van der Waals surface area (Å²) in [4.78, 5) is 0. The summed E-state index contributed by atoms with van der Waals surface area (Å²) in [5.41, 5.74) is 8.85. The number of anilines is 1. The fourth-order valence-electron chi connectivity index (χ4n) is 1.61. The van der Waals surface area contributed by atoms with Crippen LogP contribution in [0.5, 0.6) is 0 Å². The fraction of sp³-hybridized carbons (Fsp3) is 0.273. The van der Waals surface area contributed by atoms with Crippen molar-refractivity contribution < 1.29 is 0 Å². The van der Waals surface area contributed by atoms with Gasteiger partial charge in [0.2, 0.25) is 0 Å². The van der Waals surface area contributed by atoms with E-state index in [9.17, 15) is 0 Å². The van der Waals surface area contributed by atoms with Crippen molar-refractivity contribution in [2.45, 2.75) is 20.3 Å². The smallest absolute Gasteiger partial charge is 0.169 e. The van der Waals surface area contributed by atoms with E-state index >= 15 is 0 Å². The van der Waals surface area contributed by atoms with Gasteiger partial charge in [-0.1, -0.05) is 28.1 Å². The molecule has 2 N–H and O–H groups in total. The van der Waals surface area contributed by atoms with E-state index in [1.54, 1.807) is 4.68 Å². The molecule has 0 unspecified atom stereocenters. The third kappa shape index (κ3) is 1.82. The van der Waals surface area contributed by atoms with Crippen molar-refractivity contribution in [3.05, 3.63) is 33.9 Å². The summed E-state index contributed by atoms with van der Waals surface area (Å²) in [6, 6.07) is 6.05. The van der Waals surface area contributed by atoms with Gasteiger partial charge in [0.05, 0.1) is 11.4 Å². The number of halogens is 1. The van der Waals surface area contributed by atoms with Crippen LogP contribution in [0, 0.1) is 6.92 Å². The van der Waals surface area contributed by atoms with Crippen molar-refractivity contribution >= 4 is 21.7 Å². The summed E-state index contributed by atoms with van der Waals surface area (Å²) < 4.78 is 2.87. The average molecular weight is 281 g/mol. The highest BCUT2D eigenvalue weighted by Crippen LogP contribution is 2.21. The number of nitrogen functional groups attached to an aromatic ring is 1. The second-order valence-electron chi connectivity index (χ2n) is 3.62. The number of hydrogen-bond acceptors (Lipinski definition) is 3. The number of benzene rings is 1. The van der Waals surface area contributed by atoms with Gasteiger partial charge in [-0.05, 0) is 37.1 Å². The molecule has 0 aliphatic rings. The Morgan fingerprint density at radius 3 is 2.81 bits per heavy atom. The lowest BCUT2D eigenvalue weighted by Crippen LogP contribution is -2.03. The molecule has 16 heavy (non-hydrogen) atoms. The lowest BCUT2D eigenvalue weighted by atomic mass is 10.2. The molecule has 0 radical (unpaired) electrons. The van der Waals surface area contributed by atoms with Crippen molar-refractivity contribution in [2.75, 3.05) is 5.73 Å². The molecule has 0 aliphatic carbocycles. The molecule has 0 spiro atoms. The molecule has 5 heteroatoms. The van der Waals surface area contributed by atoms with Gasteiger partial charge in [0.15, 0.2) is 5.82 Å². The van der Waals surface area contributed by atoms with Gasteiger partial charge in [-0.15, -0.1) is 5.10 Å². The molecule has 0 saturated heterocycles. The van der Waals surface area contributed by atoms with Gasteiger partial charge in [0.1, 0.15) is 0 Å². The molecule has 84 valence electrons. The zero-order valence-corrected chi connectivity index (χ0v) is 10.8. The molecule has 0 bridgehead atoms. The molecule has 2 rings (SSSR count). The first-order chi connectivity index (χ1) is 7.63. The van der Waals surface area contributed by atoms with E-state index in [4.69, 9.17) is 5.73 Å². The number of aromatic nitrogens is 3. The zero-order valence-electron chi connectivity index (χ0n) is 9.24. The summed E-state index contributed by atoms with van der Waals surface area (Å²) in [6.45, 7) is 4.08. The van der Waals surface area contributed by atoms with Gasteiger partial charge in [-0.3, -0.25) is 0 Å². The van der Waals surface area contributed by atoms with Crippen LogP contribution in [0.2, 0.25) is 0 Å². The predicted molar refractivity (Wildman–Crippen MR) is 67.6 cm³/mol. The molecule has 0 atom stereocenters. The molecule has 0 aliphatic heterocycles. The van der Waals surface area contributed by atoms with Crippen molar-refractivity contribution in [1.29, 1.82) is 0 Å². The Kier molecular flexibility index (Phi) is 2.96. The minimum Gasteiger partial charge on any atom is -0.381 e. The normalized spacial score (nSPS) is 10.7. The van der Waals surface area contributed by atoms with Crippen LogP contribution < -0.4 is 5.73 Å². The third-order valence-corrected chi connectivity index (χ3v) is 3.40. The quantitative estimate of drug-likeness (QED) is 0.920. The number of nitrogens with two attached hydrogens (primary N) is 1. The van der Waals surface area contributed by atoms with Crippen molar-refractivity contribution in [1.82, 2.24) is 15.0 Å². The first-order valence-electron chi connectivity index (χ1n) is 5.10. The first-order valence-corrected chi connectivity index (χ1v) is 5.89. The minimum absolute atomic E-state index is 0.503. The minimum atomic E-state index is 0.503. The Hall–Kier alpha value is -1.36. The Balaban J connectivity index is 2.54. The molecule has 1 aromatic heterocycles. The molecule has 1 aromatic carbocycles. The number of nitrogens with zero attached hydrogens (tertiary/aromatic N) is 3. The van der Waals surface area contributed by atoms with Crippen LogP contribution in [0.1, 0.15) is 18.2 Å². The molecule has 0 fully saturated rings. The Bertz CT molecular complexity index is 519. The molecule has 0 amide bonds. The van der Waals surface area contributed by atoms with Crippen molar-refractivity contribution in [3.8, 4) is 5.69 Å². The fourth-order valence-corrected chi connectivity index (χ4v) is 1.86. The zero-order chi connectivity index (χ0) is 11.7. The monoisotopic (exact) mass is 280 g/mol. The van der Waals surface area contributed by atoms with Crippen LogP contribution in [0.25, 0.3) is 5.69 Å². The lowest BCUT2D eigenvalue weighted by molar-refractivity contribution is 0.766. The van der Waals surface area contributed by atoms with Gasteiger partial charge in [0, 0.05) is 4.47 Å². The van der Waals surface area contributed by atoms with Crippen LogP contribution in [0.15, 0.2) is 22.7 Å². The van der Waals surface area contributed by atoms with E-state index in [2.05, 4.69) is 32.3 Å². The van der Waals surface area contributed by atoms with Gasteiger partial charge in [-0.2, -0.15) is 0 Å². The van der Waals surface area contributed by atoms with Crippen molar-refractivity contribution in [2.24, 2.45) is 0 Å². The Labute approximate surface area is 103 Å². The maximum Gasteiger partial charge on any atom is 0.169 e. The molecule has 4 nitrogen and oxygen atoms in total. The predicted octanol–water partition coefficient (Wildman–Crippen LogP) is 2.48. The molecular formula is C11H13BrN4. The SMILES string of the molecule is CCc1c(N)nnn1-c1ccc(Br)c(C)c1. The topological polar surface area (TPSA) is 56.7 Å². The van der Waals surface area contributed by atoms with Gasteiger partial charge < -0.3 is 5.73 Å². The Morgan fingerprint density at radius 1 is 1.44 bits per heavy atom. The van der Waals surface area contributed by atoms with E-state index in [0.717, 1.165) is 27.8 Å².